The lowest BCUT2D eigenvalue weighted by molar-refractivity contribution is -0.154. The van der Waals surface area contributed by atoms with Crippen molar-refractivity contribution in [2.45, 2.75) is 6.18 Å². The number of benzene rings is 1. The molecule has 116 valence electrons. The standard InChI is InChI=1S/C14H9ClF3NO3/c15-10-3-1-8(2-4-10)9-5-11(13(20)21)12(19-6-9)22-7-14(16,17)18/h1-6H,7H2,(H,20,21). The number of pyridine rings is 1. The molecule has 0 spiro atoms. The first-order chi connectivity index (χ1) is 10.3. The minimum absolute atomic E-state index is 0.424. The molecule has 1 heterocycles. The Bertz CT molecular complexity index is 687. The molecule has 2 aromatic rings. The number of carboxylic acids is 1. The molecule has 1 aromatic carbocycles. The van der Waals surface area contributed by atoms with E-state index in [1.165, 1.54) is 12.3 Å². The molecular weight excluding hydrogens is 323 g/mol. The van der Waals surface area contributed by atoms with Crippen molar-refractivity contribution in [3.05, 3.63) is 47.1 Å². The Kier molecular flexibility index (Phi) is 4.56. The molecule has 0 atom stereocenters. The number of rotatable bonds is 4. The maximum absolute atomic E-state index is 12.1. The molecule has 1 N–H and O–H groups in total. The van der Waals surface area contributed by atoms with Crippen LogP contribution in [-0.2, 0) is 0 Å². The van der Waals surface area contributed by atoms with Crippen molar-refractivity contribution in [2.24, 2.45) is 0 Å². The van der Waals surface area contributed by atoms with Crippen LogP contribution in [0.25, 0.3) is 11.1 Å². The van der Waals surface area contributed by atoms with E-state index in [0.717, 1.165) is 0 Å². The number of nitrogens with zero attached hydrogens (tertiary/aromatic N) is 1. The van der Waals surface area contributed by atoms with Gasteiger partial charge in [0.15, 0.2) is 6.61 Å². The van der Waals surface area contributed by atoms with E-state index in [1.807, 2.05) is 0 Å². The van der Waals surface area contributed by atoms with Gasteiger partial charge >= 0.3 is 12.1 Å². The van der Waals surface area contributed by atoms with E-state index >= 15 is 0 Å². The lowest BCUT2D eigenvalue weighted by atomic mass is 10.1. The summed E-state index contributed by atoms with van der Waals surface area (Å²) in [6, 6.07) is 7.68. The van der Waals surface area contributed by atoms with E-state index in [1.54, 1.807) is 24.3 Å². The quantitative estimate of drug-likeness (QED) is 0.918. The first-order valence-corrected chi connectivity index (χ1v) is 6.33. The third kappa shape index (κ3) is 4.11. The number of carboxylic acid groups (broad SMARTS) is 1. The Labute approximate surface area is 128 Å². The summed E-state index contributed by atoms with van der Waals surface area (Å²) in [5, 5.41) is 9.59. The molecule has 0 aliphatic heterocycles. The number of ether oxygens (including phenoxy) is 1. The average molecular weight is 332 g/mol. The van der Waals surface area contributed by atoms with Crippen LogP contribution in [0, 0.1) is 0 Å². The molecule has 0 bridgehead atoms. The predicted octanol–water partition coefficient (Wildman–Crippen LogP) is 4.04. The van der Waals surface area contributed by atoms with E-state index in [9.17, 15) is 18.0 Å². The summed E-state index contributed by atoms with van der Waals surface area (Å²) in [5.74, 6) is -2.01. The fraction of sp³-hybridized carbons (Fsp3) is 0.143. The molecule has 0 amide bonds. The van der Waals surface area contributed by atoms with Crippen LogP contribution in [0.1, 0.15) is 10.4 Å². The van der Waals surface area contributed by atoms with Crippen molar-refractivity contribution < 1.29 is 27.8 Å². The normalized spacial score (nSPS) is 11.3. The van der Waals surface area contributed by atoms with Crippen molar-refractivity contribution in [1.82, 2.24) is 4.98 Å². The third-order valence-corrected chi connectivity index (χ3v) is 2.88. The highest BCUT2D eigenvalue weighted by Gasteiger charge is 2.29. The molecule has 0 saturated carbocycles. The first kappa shape index (κ1) is 16.1. The van der Waals surface area contributed by atoms with Gasteiger partial charge in [0.05, 0.1) is 0 Å². The van der Waals surface area contributed by atoms with E-state index in [0.29, 0.717) is 16.1 Å². The monoisotopic (exact) mass is 331 g/mol. The van der Waals surface area contributed by atoms with Crippen LogP contribution in [0.2, 0.25) is 5.02 Å². The minimum atomic E-state index is -4.58. The second-order valence-corrected chi connectivity index (χ2v) is 4.73. The molecule has 1 aromatic heterocycles. The van der Waals surface area contributed by atoms with Crippen LogP contribution >= 0.6 is 11.6 Å². The van der Waals surface area contributed by atoms with E-state index < -0.39 is 30.2 Å². The highest BCUT2D eigenvalue weighted by atomic mass is 35.5. The van der Waals surface area contributed by atoms with E-state index in [-0.39, 0.29) is 0 Å². The minimum Gasteiger partial charge on any atom is -0.477 e. The molecule has 0 aliphatic carbocycles. The van der Waals surface area contributed by atoms with Crippen molar-refractivity contribution >= 4 is 17.6 Å². The topological polar surface area (TPSA) is 59.4 Å². The fourth-order valence-corrected chi connectivity index (χ4v) is 1.80. The lowest BCUT2D eigenvalue weighted by Gasteiger charge is -2.11. The maximum Gasteiger partial charge on any atom is 0.422 e. The Balaban J connectivity index is 2.34. The highest BCUT2D eigenvalue weighted by molar-refractivity contribution is 6.30. The second-order valence-electron chi connectivity index (χ2n) is 4.29. The lowest BCUT2D eigenvalue weighted by Crippen LogP contribution is -2.20. The van der Waals surface area contributed by atoms with Gasteiger partial charge in [0.1, 0.15) is 5.56 Å². The third-order valence-electron chi connectivity index (χ3n) is 2.63. The molecule has 22 heavy (non-hydrogen) atoms. The van der Waals surface area contributed by atoms with Gasteiger partial charge in [-0.25, -0.2) is 9.78 Å². The van der Waals surface area contributed by atoms with Gasteiger partial charge < -0.3 is 9.84 Å². The smallest absolute Gasteiger partial charge is 0.422 e. The van der Waals surface area contributed by atoms with Crippen LogP contribution in [0.15, 0.2) is 36.5 Å². The Hall–Kier alpha value is -2.28. The number of halogens is 4. The van der Waals surface area contributed by atoms with Gasteiger partial charge in [-0.05, 0) is 23.8 Å². The van der Waals surface area contributed by atoms with Crippen LogP contribution < -0.4 is 4.74 Å². The van der Waals surface area contributed by atoms with Gasteiger partial charge in [-0.2, -0.15) is 13.2 Å². The zero-order chi connectivity index (χ0) is 16.3. The average Bonchev–Trinajstić information content (AvgIpc) is 2.45. The molecule has 2 rings (SSSR count). The first-order valence-electron chi connectivity index (χ1n) is 5.95. The number of carbonyl (C=O) groups is 1. The summed E-state index contributed by atoms with van der Waals surface area (Å²) < 4.78 is 40.9. The fourth-order valence-electron chi connectivity index (χ4n) is 1.67. The highest BCUT2D eigenvalue weighted by Crippen LogP contribution is 2.26. The number of aromatic nitrogens is 1. The molecular formula is C14H9ClF3NO3. The molecule has 0 aliphatic rings. The largest absolute Gasteiger partial charge is 0.477 e. The van der Waals surface area contributed by atoms with Crippen LogP contribution in [0.5, 0.6) is 5.88 Å². The van der Waals surface area contributed by atoms with Gasteiger partial charge in [-0.15, -0.1) is 0 Å². The van der Waals surface area contributed by atoms with Crippen molar-refractivity contribution in [1.29, 1.82) is 0 Å². The number of hydrogen-bond acceptors (Lipinski definition) is 3. The number of alkyl halides is 3. The zero-order valence-corrected chi connectivity index (χ0v) is 11.6. The summed E-state index contributed by atoms with van der Waals surface area (Å²) in [6.07, 6.45) is -3.34. The second kappa shape index (κ2) is 6.23. The van der Waals surface area contributed by atoms with Gasteiger partial charge in [0.2, 0.25) is 5.88 Å². The van der Waals surface area contributed by atoms with E-state index in [4.69, 9.17) is 16.7 Å². The number of aromatic carboxylic acids is 1. The Morgan fingerprint density at radius 2 is 1.86 bits per heavy atom. The molecule has 0 unspecified atom stereocenters. The summed E-state index contributed by atoms with van der Waals surface area (Å²) >= 11 is 5.75. The summed E-state index contributed by atoms with van der Waals surface area (Å²) in [6.45, 7) is -1.61. The van der Waals surface area contributed by atoms with Gasteiger partial charge in [-0.3, -0.25) is 0 Å². The van der Waals surface area contributed by atoms with Gasteiger partial charge in [0, 0.05) is 16.8 Å². The predicted molar refractivity (Wildman–Crippen MR) is 73.2 cm³/mol. The van der Waals surface area contributed by atoms with Crippen molar-refractivity contribution in [3.8, 4) is 17.0 Å². The molecule has 4 nitrogen and oxygen atoms in total. The zero-order valence-electron chi connectivity index (χ0n) is 10.9. The Morgan fingerprint density at radius 3 is 2.41 bits per heavy atom. The summed E-state index contributed by atoms with van der Waals surface area (Å²) in [5.41, 5.74) is 0.604. The van der Waals surface area contributed by atoms with Gasteiger partial charge in [-0.1, -0.05) is 23.7 Å². The van der Waals surface area contributed by atoms with Crippen molar-refractivity contribution in [3.63, 3.8) is 0 Å². The molecule has 8 heteroatoms. The van der Waals surface area contributed by atoms with Crippen molar-refractivity contribution in [2.75, 3.05) is 6.61 Å². The number of hydrogen-bond donors (Lipinski definition) is 1. The molecule has 0 radical (unpaired) electrons. The molecule has 0 fully saturated rings. The van der Waals surface area contributed by atoms with E-state index in [2.05, 4.69) is 9.72 Å². The van der Waals surface area contributed by atoms with Crippen LogP contribution in [0.3, 0.4) is 0 Å². The van der Waals surface area contributed by atoms with Gasteiger partial charge in [0.25, 0.3) is 0 Å². The Morgan fingerprint density at radius 1 is 1.23 bits per heavy atom. The summed E-state index contributed by atoms with van der Waals surface area (Å²) in [4.78, 5) is 14.8. The van der Waals surface area contributed by atoms with Crippen LogP contribution in [-0.4, -0.2) is 28.8 Å². The summed E-state index contributed by atoms with van der Waals surface area (Å²) in [7, 11) is 0. The van der Waals surface area contributed by atoms with Crippen LogP contribution in [0.4, 0.5) is 13.2 Å². The SMILES string of the molecule is O=C(O)c1cc(-c2ccc(Cl)cc2)cnc1OCC(F)(F)F. The molecule has 0 saturated heterocycles. The maximum atomic E-state index is 12.1.